The van der Waals surface area contributed by atoms with Gasteiger partial charge < -0.3 is 4.90 Å². The number of benzene rings is 1. The summed E-state index contributed by atoms with van der Waals surface area (Å²) in [6.45, 7) is 1.73. The van der Waals surface area contributed by atoms with E-state index in [-0.39, 0.29) is 54.0 Å². The molecular formula is C20H21ClN2O3. The van der Waals surface area contributed by atoms with Crippen LogP contribution in [0.25, 0.3) is 0 Å². The number of nitrogens with zero attached hydrogens (tertiary/aromatic N) is 2. The fourth-order valence-corrected chi connectivity index (χ4v) is 4.67. The minimum atomic E-state index is -0.260. The first-order valence-electron chi connectivity index (χ1n) is 8.93. The van der Waals surface area contributed by atoms with Crippen LogP contribution < -0.4 is 0 Å². The molecule has 0 radical (unpaired) electrons. The number of rotatable bonds is 4. The van der Waals surface area contributed by atoms with Crippen LogP contribution >= 0.6 is 11.6 Å². The van der Waals surface area contributed by atoms with Crippen LogP contribution in [0.3, 0.4) is 0 Å². The number of amides is 3. The summed E-state index contributed by atoms with van der Waals surface area (Å²) >= 11 is 5.91. The number of fused-ring (bicyclic) bond motifs is 5. The summed E-state index contributed by atoms with van der Waals surface area (Å²) in [5, 5.41) is 0.637. The molecule has 3 amide bonds. The van der Waals surface area contributed by atoms with E-state index >= 15 is 0 Å². The maximum Gasteiger partial charge on any atom is 0.242 e. The third-order valence-electron chi connectivity index (χ3n) is 6.18. The maximum atomic E-state index is 12.7. The Morgan fingerprint density at radius 1 is 1.15 bits per heavy atom. The van der Waals surface area contributed by atoms with E-state index in [4.69, 9.17) is 11.6 Å². The molecule has 1 saturated carbocycles. The smallest absolute Gasteiger partial charge is 0.242 e. The molecule has 1 heterocycles. The van der Waals surface area contributed by atoms with Crippen LogP contribution in [0, 0.1) is 23.7 Å². The van der Waals surface area contributed by atoms with Gasteiger partial charge in [0.1, 0.15) is 6.54 Å². The molecule has 1 saturated heterocycles. The van der Waals surface area contributed by atoms with Gasteiger partial charge in [0.15, 0.2) is 0 Å². The van der Waals surface area contributed by atoms with Gasteiger partial charge in [0.2, 0.25) is 17.7 Å². The van der Waals surface area contributed by atoms with Crippen LogP contribution in [0.5, 0.6) is 0 Å². The van der Waals surface area contributed by atoms with Crippen LogP contribution in [0.4, 0.5) is 0 Å². The highest BCUT2D eigenvalue weighted by Gasteiger charge is 2.59. The van der Waals surface area contributed by atoms with Crippen molar-refractivity contribution in [2.24, 2.45) is 23.7 Å². The van der Waals surface area contributed by atoms with E-state index in [0.717, 1.165) is 12.0 Å². The largest absolute Gasteiger partial charge is 0.337 e. The van der Waals surface area contributed by atoms with Crippen LogP contribution in [0.2, 0.25) is 5.02 Å². The Labute approximate surface area is 157 Å². The number of imide groups is 1. The SMILES string of the molecule is CC(c1ccc(Cl)cc1)N(C)C(=O)CN1C(=O)C2C3C=CC(C3)C2C1=O. The van der Waals surface area contributed by atoms with E-state index in [0.29, 0.717) is 5.02 Å². The van der Waals surface area contributed by atoms with E-state index in [1.807, 2.05) is 19.1 Å². The molecular weight excluding hydrogens is 352 g/mol. The molecule has 136 valence electrons. The highest BCUT2D eigenvalue weighted by molar-refractivity contribution is 6.30. The number of likely N-dealkylation sites (N-methyl/N-ethyl adjacent to an activating group) is 1. The highest BCUT2D eigenvalue weighted by Crippen LogP contribution is 2.52. The van der Waals surface area contributed by atoms with Crippen molar-refractivity contribution in [2.45, 2.75) is 19.4 Å². The first kappa shape index (κ1) is 17.3. The first-order chi connectivity index (χ1) is 12.4. The highest BCUT2D eigenvalue weighted by atomic mass is 35.5. The molecule has 2 aliphatic carbocycles. The van der Waals surface area contributed by atoms with Crippen molar-refractivity contribution >= 4 is 29.3 Å². The maximum absolute atomic E-state index is 12.7. The van der Waals surface area contributed by atoms with Crippen LogP contribution in [0.15, 0.2) is 36.4 Å². The van der Waals surface area contributed by atoms with Crippen molar-refractivity contribution < 1.29 is 14.4 Å². The number of hydrogen-bond acceptors (Lipinski definition) is 3. The summed E-state index contributed by atoms with van der Waals surface area (Å²) < 4.78 is 0. The molecule has 5 nitrogen and oxygen atoms in total. The fraction of sp³-hybridized carbons (Fsp3) is 0.450. The predicted molar refractivity (Wildman–Crippen MR) is 97.1 cm³/mol. The Bertz CT molecular complexity index is 774. The Morgan fingerprint density at radius 3 is 2.23 bits per heavy atom. The van der Waals surface area contributed by atoms with Gasteiger partial charge in [-0.15, -0.1) is 0 Å². The molecule has 1 aromatic carbocycles. The number of carbonyl (C=O) groups excluding carboxylic acids is 3. The second kappa shape index (κ2) is 6.23. The van der Waals surface area contributed by atoms with Gasteiger partial charge in [-0.25, -0.2) is 0 Å². The molecule has 5 unspecified atom stereocenters. The zero-order valence-electron chi connectivity index (χ0n) is 14.8. The Kier molecular flexibility index (Phi) is 4.14. The molecule has 5 atom stereocenters. The van der Waals surface area contributed by atoms with Gasteiger partial charge in [-0.3, -0.25) is 19.3 Å². The molecule has 0 spiro atoms. The average molecular weight is 373 g/mol. The number of likely N-dealkylation sites (tertiary alicyclic amines) is 1. The lowest BCUT2D eigenvalue weighted by Crippen LogP contribution is -2.43. The molecule has 0 N–H and O–H groups in total. The summed E-state index contributed by atoms with van der Waals surface area (Å²) in [6, 6.07) is 7.13. The molecule has 1 aromatic rings. The number of hydrogen-bond donors (Lipinski definition) is 0. The van der Waals surface area contributed by atoms with Crippen molar-refractivity contribution in [3.05, 3.63) is 47.0 Å². The van der Waals surface area contributed by atoms with Crippen LogP contribution in [0.1, 0.15) is 24.9 Å². The first-order valence-corrected chi connectivity index (χ1v) is 9.31. The summed E-state index contributed by atoms with van der Waals surface area (Å²) in [5.74, 6) is -0.807. The number of allylic oxidation sites excluding steroid dienone is 2. The van der Waals surface area contributed by atoms with Gasteiger partial charge in [0.05, 0.1) is 17.9 Å². The fourth-order valence-electron chi connectivity index (χ4n) is 4.55. The molecule has 1 aliphatic heterocycles. The van der Waals surface area contributed by atoms with Crippen molar-refractivity contribution in [2.75, 3.05) is 13.6 Å². The predicted octanol–water partition coefficient (Wildman–Crippen LogP) is 2.67. The third-order valence-corrected chi connectivity index (χ3v) is 6.43. The van der Waals surface area contributed by atoms with Crippen LogP contribution in [-0.4, -0.2) is 41.1 Å². The van der Waals surface area contributed by atoms with E-state index < -0.39 is 0 Å². The monoisotopic (exact) mass is 372 g/mol. The van der Waals surface area contributed by atoms with Crippen molar-refractivity contribution in [1.82, 2.24) is 9.80 Å². The topological polar surface area (TPSA) is 57.7 Å². The third kappa shape index (κ3) is 2.57. The molecule has 6 heteroatoms. The van der Waals surface area contributed by atoms with Crippen molar-refractivity contribution in [3.8, 4) is 0 Å². The van der Waals surface area contributed by atoms with E-state index in [2.05, 4.69) is 12.2 Å². The van der Waals surface area contributed by atoms with Gasteiger partial charge in [-0.1, -0.05) is 35.9 Å². The molecule has 26 heavy (non-hydrogen) atoms. The van der Waals surface area contributed by atoms with Gasteiger partial charge in [-0.2, -0.15) is 0 Å². The van der Waals surface area contributed by atoms with Gasteiger partial charge in [0.25, 0.3) is 0 Å². The second-order valence-electron chi connectivity index (χ2n) is 7.49. The average Bonchev–Trinajstić information content (AvgIpc) is 3.31. The van der Waals surface area contributed by atoms with E-state index in [9.17, 15) is 14.4 Å². The molecule has 2 fully saturated rings. The van der Waals surface area contributed by atoms with Gasteiger partial charge in [-0.05, 0) is 42.9 Å². The Balaban J connectivity index is 1.45. The van der Waals surface area contributed by atoms with Crippen molar-refractivity contribution in [1.29, 1.82) is 0 Å². The quantitative estimate of drug-likeness (QED) is 0.603. The number of carbonyl (C=O) groups is 3. The minimum absolute atomic E-state index is 0.160. The normalized spacial score (nSPS) is 30.0. The van der Waals surface area contributed by atoms with E-state index in [1.54, 1.807) is 24.1 Å². The Hall–Kier alpha value is -2.14. The lowest BCUT2D eigenvalue weighted by Gasteiger charge is -2.27. The minimum Gasteiger partial charge on any atom is -0.337 e. The standard InChI is InChI=1S/C20H21ClN2O3/c1-11(12-5-7-15(21)8-6-12)22(2)16(24)10-23-19(25)17-13-3-4-14(9-13)18(17)20(23)26/h3-8,11,13-14,17-18H,9-10H2,1-2H3. The summed E-state index contributed by atoms with van der Waals surface area (Å²) in [4.78, 5) is 40.9. The Morgan fingerprint density at radius 2 is 1.69 bits per heavy atom. The second-order valence-corrected chi connectivity index (χ2v) is 7.93. The zero-order chi connectivity index (χ0) is 18.6. The van der Waals surface area contributed by atoms with Crippen molar-refractivity contribution in [3.63, 3.8) is 0 Å². The number of halogens is 1. The van der Waals surface area contributed by atoms with E-state index in [1.165, 1.54) is 4.90 Å². The summed E-state index contributed by atoms with van der Waals surface area (Å²) in [7, 11) is 1.69. The molecule has 4 rings (SSSR count). The molecule has 3 aliphatic rings. The summed E-state index contributed by atoms with van der Waals surface area (Å²) in [6.07, 6.45) is 5.00. The molecule has 0 aromatic heterocycles. The van der Waals surface area contributed by atoms with Gasteiger partial charge in [0, 0.05) is 12.1 Å². The lowest BCUT2D eigenvalue weighted by atomic mass is 9.85. The lowest BCUT2D eigenvalue weighted by molar-refractivity contribution is -0.147. The zero-order valence-corrected chi connectivity index (χ0v) is 15.5. The summed E-state index contributed by atoms with van der Waals surface area (Å²) in [5.41, 5.74) is 0.948. The van der Waals surface area contributed by atoms with Gasteiger partial charge >= 0.3 is 0 Å². The van der Waals surface area contributed by atoms with Crippen LogP contribution in [-0.2, 0) is 14.4 Å². The molecule has 2 bridgehead atoms.